The van der Waals surface area contributed by atoms with Crippen molar-refractivity contribution in [3.05, 3.63) is 46.7 Å². The zero-order valence-corrected chi connectivity index (χ0v) is 12.2. The molecule has 106 valence electrons. The van der Waals surface area contributed by atoms with Crippen molar-refractivity contribution < 1.29 is 4.74 Å². The number of benzene rings is 1. The second-order valence-electron chi connectivity index (χ2n) is 4.99. The van der Waals surface area contributed by atoms with Crippen molar-refractivity contribution in [1.29, 1.82) is 0 Å². The summed E-state index contributed by atoms with van der Waals surface area (Å²) in [5.74, 6) is 0. The zero-order chi connectivity index (χ0) is 13.9. The Labute approximate surface area is 123 Å². The van der Waals surface area contributed by atoms with Crippen LogP contribution < -0.4 is 5.32 Å². The summed E-state index contributed by atoms with van der Waals surface area (Å²) < 4.78 is 7.07. The first-order chi connectivity index (χ1) is 9.79. The Kier molecular flexibility index (Phi) is 3.94. The fourth-order valence-electron chi connectivity index (χ4n) is 2.72. The lowest BCUT2D eigenvalue weighted by Crippen LogP contribution is -2.22. The average molecular weight is 292 g/mol. The van der Waals surface area contributed by atoms with Crippen molar-refractivity contribution in [2.24, 2.45) is 0 Å². The Morgan fingerprint density at radius 1 is 1.45 bits per heavy atom. The van der Waals surface area contributed by atoms with Crippen molar-refractivity contribution in [3.63, 3.8) is 0 Å². The molecule has 0 fully saturated rings. The number of hydrogen-bond acceptors (Lipinski definition) is 3. The number of rotatable bonds is 4. The normalized spacial score (nSPS) is 17.6. The molecule has 0 saturated carbocycles. The van der Waals surface area contributed by atoms with Gasteiger partial charge in [-0.15, -0.1) is 0 Å². The van der Waals surface area contributed by atoms with Gasteiger partial charge in [0.2, 0.25) is 0 Å². The Bertz CT molecular complexity index is 597. The van der Waals surface area contributed by atoms with E-state index in [0.717, 1.165) is 30.1 Å². The van der Waals surface area contributed by atoms with E-state index in [1.165, 1.54) is 11.3 Å². The lowest BCUT2D eigenvalue weighted by molar-refractivity contribution is 0.182. The maximum Gasteiger partial charge on any atom is 0.0839 e. The number of anilines is 1. The van der Waals surface area contributed by atoms with Gasteiger partial charge in [-0.25, -0.2) is 0 Å². The first-order valence-electron chi connectivity index (χ1n) is 6.84. The van der Waals surface area contributed by atoms with Crippen molar-refractivity contribution in [2.45, 2.75) is 25.4 Å². The van der Waals surface area contributed by atoms with Crippen molar-refractivity contribution in [2.75, 3.05) is 19.0 Å². The van der Waals surface area contributed by atoms with Gasteiger partial charge in [-0.05, 0) is 24.5 Å². The van der Waals surface area contributed by atoms with Gasteiger partial charge in [-0.1, -0.05) is 29.8 Å². The molecule has 1 aliphatic rings. The van der Waals surface area contributed by atoms with Crippen LogP contribution in [0.5, 0.6) is 0 Å². The molecule has 1 aliphatic heterocycles. The van der Waals surface area contributed by atoms with Gasteiger partial charge in [0.25, 0.3) is 0 Å². The minimum absolute atomic E-state index is 0.205. The van der Waals surface area contributed by atoms with Crippen LogP contribution in [0.15, 0.2) is 30.5 Å². The van der Waals surface area contributed by atoms with Crippen molar-refractivity contribution in [3.8, 4) is 0 Å². The summed E-state index contributed by atoms with van der Waals surface area (Å²) in [7, 11) is 1.69. The van der Waals surface area contributed by atoms with Gasteiger partial charge in [0.05, 0.1) is 36.1 Å². The molecular weight excluding hydrogens is 274 g/mol. The van der Waals surface area contributed by atoms with Gasteiger partial charge in [0, 0.05) is 12.8 Å². The zero-order valence-electron chi connectivity index (χ0n) is 11.5. The van der Waals surface area contributed by atoms with Crippen LogP contribution >= 0.6 is 11.6 Å². The van der Waals surface area contributed by atoms with E-state index in [0.29, 0.717) is 6.61 Å². The summed E-state index contributed by atoms with van der Waals surface area (Å²) in [4.78, 5) is 0. The molecule has 0 amide bonds. The molecule has 0 aliphatic carbocycles. The molecule has 1 aromatic carbocycles. The predicted molar refractivity (Wildman–Crippen MR) is 80.2 cm³/mol. The van der Waals surface area contributed by atoms with E-state index in [1.54, 1.807) is 13.3 Å². The summed E-state index contributed by atoms with van der Waals surface area (Å²) in [6.45, 7) is 1.35. The number of hydrogen-bond donors (Lipinski definition) is 1. The third-order valence-electron chi connectivity index (χ3n) is 3.72. The number of aryl methyl sites for hydroxylation is 1. The number of nitrogens with one attached hydrogen (secondary N) is 1. The minimum atomic E-state index is 0.205. The second kappa shape index (κ2) is 5.85. The smallest absolute Gasteiger partial charge is 0.0839 e. The van der Waals surface area contributed by atoms with Gasteiger partial charge in [0.1, 0.15) is 0 Å². The van der Waals surface area contributed by atoms with Gasteiger partial charge >= 0.3 is 0 Å². The summed E-state index contributed by atoms with van der Waals surface area (Å²) in [6.07, 6.45) is 3.80. The number of halogens is 1. The van der Waals surface area contributed by atoms with Crippen LogP contribution in [0.1, 0.15) is 23.7 Å². The lowest BCUT2D eigenvalue weighted by Gasteiger charge is -2.28. The predicted octanol–water partition coefficient (Wildman–Crippen LogP) is 3.28. The fourth-order valence-corrected chi connectivity index (χ4v) is 2.99. The minimum Gasteiger partial charge on any atom is -0.383 e. The molecule has 4 nitrogen and oxygen atoms in total. The molecule has 2 aromatic rings. The molecule has 2 heterocycles. The highest BCUT2D eigenvalue weighted by atomic mass is 35.5. The Balaban J connectivity index is 1.86. The average Bonchev–Trinajstić information content (AvgIpc) is 2.85. The van der Waals surface area contributed by atoms with Crippen LogP contribution in [0, 0.1) is 0 Å². The SMILES string of the molecule is COCCn1ncc(Cl)c1C1CCc2ccccc2N1. The van der Waals surface area contributed by atoms with E-state index in [4.69, 9.17) is 16.3 Å². The number of ether oxygens (including phenoxy) is 1. The first-order valence-corrected chi connectivity index (χ1v) is 7.22. The molecule has 0 bridgehead atoms. The second-order valence-corrected chi connectivity index (χ2v) is 5.39. The van der Waals surface area contributed by atoms with Crippen LogP contribution in [0.2, 0.25) is 5.02 Å². The van der Waals surface area contributed by atoms with Crippen molar-refractivity contribution >= 4 is 17.3 Å². The molecule has 1 aromatic heterocycles. The van der Waals surface area contributed by atoms with E-state index < -0.39 is 0 Å². The molecule has 3 rings (SSSR count). The Hall–Kier alpha value is -1.52. The van der Waals surface area contributed by atoms with Gasteiger partial charge < -0.3 is 10.1 Å². The Morgan fingerprint density at radius 3 is 3.15 bits per heavy atom. The molecule has 1 unspecified atom stereocenters. The molecule has 0 spiro atoms. The lowest BCUT2D eigenvalue weighted by atomic mass is 9.96. The van der Waals surface area contributed by atoms with Gasteiger partial charge in [-0.2, -0.15) is 5.10 Å². The molecule has 1 atom stereocenters. The van der Waals surface area contributed by atoms with E-state index in [-0.39, 0.29) is 6.04 Å². The number of nitrogens with zero attached hydrogens (tertiary/aromatic N) is 2. The third kappa shape index (κ3) is 2.53. The van der Waals surface area contributed by atoms with E-state index >= 15 is 0 Å². The molecule has 0 radical (unpaired) electrons. The standard InChI is InChI=1S/C15H18ClN3O/c1-20-9-8-19-15(12(16)10-17-19)14-7-6-11-4-2-3-5-13(11)18-14/h2-5,10,14,18H,6-9H2,1H3. The number of fused-ring (bicyclic) bond motifs is 1. The van der Waals surface area contributed by atoms with Crippen LogP contribution in [-0.4, -0.2) is 23.5 Å². The van der Waals surface area contributed by atoms with Crippen LogP contribution in [0.4, 0.5) is 5.69 Å². The molecule has 20 heavy (non-hydrogen) atoms. The molecule has 1 N–H and O–H groups in total. The van der Waals surface area contributed by atoms with Crippen LogP contribution in [-0.2, 0) is 17.7 Å². The summed E-state index contributed by atoms with van der Waals surface area (Å²) in [6, 6.07) is 8.62. The molecular formula is C15H18ClN3O. The van der Waals surface area contributed by atoms with Crippen LogP contribution in [0.3, 0.4) is 0 Å². The number of para-hydroxylation sites is 1. The monoisotopic (exact) mass is 291 g/mol. The van der Waals surface area contributed by atoms with E-state index in [9.17, 15) is 0 Å². The summed E-state index contributed by atoms with van der Waals surface area (Å²) in [5.41, 5.74) is 3.61. The highest BCUT2D eigenvalue weighted by molar-refractivity contribution is 6.31. The maximum absolute atomic E-state index is 6.32. The number of methoxy groups -OCH3 is 1. The molecule has 0 saturated heterocycles. The van der Waals surface area contributed by atoms with Crippen LogP contribution in [0.25, 0.3) is 0 Å². The molecule has 5 heteroatoms. The fraction of sp³-hybridized carbons (Fsp3) is 0.400. The Morgan fingerprint density at radius 2 is 2.30 bits per heavy atom. The summed E-state index contributed by atoms with van der Waals surface area (Å²) in [5, 5.41) is 8.64. The highest BCUT2D eigenvalue weighted by Gasteiger charge is 2.24. The first kappa shape index (κ1) is 13.5. The quantitative estimate of drug-likeness (QED) is 0.939. The number of aromatic nitrogens is 2. The largest absolute Gasteiger partial charge is 0.383 e. The van der Waals surface area contributed by atoms with Gasteiger partial charge in [-0.3, -0.25) is 4.68 Å². The highest BCUT2D eigenvalue weighted by Crippen LogP contribution is 2.35. The third-order valence-corrected chi connectivity index (χ3v) is 4.01. The maximum atomic E-state index is 6.32. The summed E-state index contributed by atoms with van der Waals surface area (Å²) >= 11 is 6.32. The van der Waals surface area contributed by atoms with Crippen molar-refractivity contribution in [1.82, 2.24) is 9.78 Å². The van der Waals surface area contributed by atoms with E-state index in [1.807, 2.05) is 4.68 Å². The van der Waals surface area contributed by atoms with E-state index in [2.05, 4.69) is 34.7 Å². The topological polar surface area (TPSA) is 39.1 Å². The van der Waals surface area contributed by atoms with Gasteiger partial charge in [0.15, 0.2) is 0 Å².